The summed E-state index contributed by atoms with van der Waals surface area (Å²) < 4.78 is 0. The number of anilines is 2. The summed E-state index contributed by atoms with van der Waals surface area (Å²) >= 11 is 5.85. The maximum absolute atomic E-state index is 12.7. The number of pyridine rings is 1. The fraction of sp³-hybridized carbons (Fsp3) is 0.136. The summed E-state index contributed by atoms with van der Waals surface area (Å²) in [6.45, 7) is 1.80. The fourth-order valence-electron chi connectivity index (χ4n) is 3.17. The summed E-state index contributed by atoms with van der Waals surface area (Å²) in [5.74, 6) is 0.317. The molecular formula is C22H19ClN4O2. The standard InChI is InChI=1S/C22H19ClN4O2/c23-18-8-6-17(7-9-18)21(28)25-19-10-11-20(24-14-19)27-13-12-26(22(27)29)15-16-4-2-1-3-5-16/h1-11,14H,12-13,15H2,(H,25,28). The van der Waals surface area contributed by atoms with Gasteiger partial charge in [0.05, 0.1) is 11.9 Å². The molecule has 1 aliphatic rings. The number of nitrogens with one attached hydrogen (secondary N) is 1. The summed E-state index contributed by atoms with van der Waals surface area (Å²) in [7, 11) is 0. The van der Waals surface area contributed by atoms with Crippen LogP contribution in [0.1, 0.15) is 15.9 Å². The molecule has 0 unspecified atom stereocenters. The predicted molar refractivity (Wildman–Crippen MR) is 113 cm³/mol. The van der Waals surface area contributed by atoms with E-state index in [1.54, 1.807) is 52.4 Å². The number of amides is 3. The molecule has 7 heteroatoms. The average molecular weight is 407 g/mol. The highest BCUT2D eigenvalue weighted by Crippen LogP contribution is 2.21. The predicted octanol–water partition coefficient (Wildman–Crippen LogP) is 4.43. The van der Waals surface area contributed by atoms with E-state index in [0.717, 1.165) is 5.56 Å². The van der Waals surface area contributed by atoms with Crippen LogP contribution in [0.2, 0.25) is 5.02 Å². The van der Waals surface area contributed by atoms with Gasteiger partial charge in [-0.3, -0.25) is 9.69 Å². The Morgan fingerprint density at radius 2 is 1.76 bits per heavy atom. The zero-order valence-corrected chi connectivity index (χ0v) is 16.3. The van der Waals surface area contributed by atoms with Crippen LogP contribution < -0.4 is 10.2 Å². The Morgan fingerprint density at radius 1 is 1.00 bits per heavy atom. The van der Waals surface area contributed by atoms with Crippen molar-refractivity contribution in [2.75, 3.05) is 23.3 Å². The highest BCUT2D eigenvalue weighted by Gasteiger charge is 2.30. The second kappa shape index (κ2) is 8.32. The molecule has 1 N–H and O–H groups in total. The molecule has 6 nitrogen and oxygen atoms in total. The number of nitrogens with zero attached hydrogens (tertiary/aromatic N) is 3. The second-order valence-electron chi connectivity index (χ2n) is 6.71. The lowest BCUT2D eigenvalue weighted by Gasteiger charge is -2.18. The van der Waals surface area contributed by atoms with Crippen molar-refractivity contribution in [2.24, 2.45) is 0 Å². The number of halogens is 1. The number of rotatable bonds is 5. The van der Waals surface area contributed by atoms with E-state index < -0.39 is 0 Å². The van der Waals surface area contributed by atoms with Crippen molar-refractivity contribution in [3.05, 3.63) is 89.1 Å². The summed E-state index contributed by atoms with van der Waals surface area (Å²) in [6, 6.07) is 19.9. The van der Waals surface area contributed by atoms with E-state index in [-0.39, 0.29) is 11.9 Å². The molecule has 3 aromatic rings. The number of urea groups is 1. The van der Waals surface area contributed by atoms with Gasteiger partial charge in [-0.15, -0.1) is 0 Å². The molecule has 0 saturated carbocycles. The number of benzene rings is 2. The summed E-state index contributed by atoms with van der Waals surface area (Å²) in [4.78, 5) is 32.8. The number of carbonyl (C=O) groups is 2. The smallest absolute Gasteiger partial charge is 0.321 e. The Hall–Kier alpha value is -3.38. The minimum atomic E-state index is -0.248. The number of carbonyl (C=O) groups excluding carboxylic acids is 2. The molecule has 2 heterocycles. The Labute approximate surface area is 173 Å². The zero-order valence-electron chi connectivity index (χ0n) is 15.6. The fourth-order valence-corrected chi connectivity index (χ4v) is 3.30. The van der Waals surface area contributed by atoms with Gasteiger partial charge in [0.1, 0.15) is 5.82 Å². The normalized spacial score (nSPS) is 13.6. The summed E-state index contributed by atoms with van der Waals surface area (Å²) in [5, 5.41) is 3.36. The van der Waals surface area contributed by atoms with Gasteiger partial charge in [0.15, 0.2) is 0 Å². The minimum absolute atomic E-state index is 0.0701. The largest absolute Gasteiger partial charge is 0.326 e. The van der Waals surface area contributed by atoms with Gasteiger partial charge < -0.3 is 10.2 Å². The molecule has 1 fully saturated rings. The third-order valence-corrected chi connectivity index (χ3v) is 4.95. The molecule has 29 heavy (non-hydrogen) atoms. The van der Waals surface area contributed by atoms with Gasteiger partial charge >= 0.3 is 6.03 Å². The Bertz CT molecular complexity index is 1010. The van der Waals surface area contributed by atoms with E-state index in [4.69, 9.17) is 11.6 Å². The third-order valence-electron chi connectivity index (χ3n) is 4.70. The van der Waals surface area contributed by atoms with Gasteiger partial charge in [-0.25, -0.2) is 9.78 Å². The molecule has 3 amide bonds. The van der Waals surface area contributed by atoms with Crippen molar-refractivity contribution >= 4 is 35.0 Å². The van der Waals surface area contributed by atoms with Crippen LogP contribution in [0.4, 0.5) is 16.3 Å². The maximum Gasteiger partial charge on any atom is 0.326 e. The number of hydrogen-bond donors (Lipinski definition) is 1. The highest BCUT2D eigenvalue weighted by molar-refractivity contribution is 6.30. The molecule has 0 aliphatic carbocycles. The van der Waals surface area contributed by atoms with E-state index in [1.807, 2.05) is 30.3 Å². The van der Waals surface area contributed by atoms with Crippen molar-refractivity contribution in [2.45, 2.75) is 6.54 Å². The zero-order chi connectivity index (χ0) is 20.2. The number of aromatic nitrogens is 1. The Morgan fingerprint density at radius 3 is 2.45 bits per heavy atom. The van der Waals surface area contributed by atoms with Gasteiger partial charge in [0, 0.05) is 30.2 Å². The van der Waals surface area contributed by atoms with E-state index in [2.05, 4.69) is 10.3 Å². The lowest BCUT2D eigenvalue weighted by atomic mass is 10.2. The SMILES string of the molecule is O=C(Nc1ccc(N2CCN(Cc3ccccc3)C2=O)nc1)c1ccc(Cl)cc1. The molecule has 0 radical (unpaired) electrons. The minimum Gasteiger partial charge on any atom is -0.321 e. The first-order valence-corrected chi connectivity index (χ1v) is 9.61. The molecular weight excluding hydrogens is 388 g/mol. The highest BCUT2D eigenvalue weighted by atomic mass is 35.5. The van der Waals surface area contributed by atoms with E-state index >= 15 is 0 Å². The van der Waals surface area contributed by atoms with Crippen molar-refractivity contribution in [3.8, 4) is 0 Å². The third kappa shape index (κ3) is 4.38. The van der Waals surface area contributed by atoms with Crippen LogP contribution in [0.15, 0.2) is 72.9 Å². The van der Waals surface area contributed by atoms with Crippen LogP contribution in [0.5, 0.6) is 0 Å². The average Bonchev–Trinajstić information content (AvgIpc) is 3.10. The molecule has 0 bridgehead atoms. The first-order valence-electron chi connectivity index (χ1n) is 9.23. The van der Waals surface area contributed by atoms with Crippen LogP contribution >= 0.6 is 11.6 Å². The Balaban J connectivity index is 1.39. The van der Waals surface area contributed by atoms with Crippen molar-refractivity contribution < 1.29 is 9.59 Å². The first kappa shape index (κ1) is 19.0. The van der Waals surface area contributed by atoms with Crippen molar-refractivity contribution in [1.29, 1.82) is 0 Å². The van der Waals surface area contributed by atoms with Crippen LogP contribution in [0.25, 0.3) is 0 Å². The van der Waals surface area contributed by atoms with Gasteiger partial charge in [-0.2, -0.15) is 0 Å². The van der Waals surface area contributed by atoms with Crippen LogP contribution in [0.3, 0.4) is 0 Å². The summed E-state index contributed by atoms with van der Waals surface area (Å²) in [5.41, 5.74) is 2.15. The topological polar surface area (TPSA) is 65.5 Å². The van der Waals surface area contributed by atoms with Crippen LogP contribution in [-0.2, 0) is 6.54 Å². The lowest BCUT2D eigenvalue weighted by Crippen LogP contribution is -2.31. The van der Waals surface area contributed by atoms with Crippen LogP contribution in [0, 0.1) is 0 Å². The Kier molecular flexibility index (Phi) is 5.44. The maximum atomic E-state index is 12.7. The van der Waals surface area contributed by atoms with Crippen molar-refractivity contribution in [3.63, 3.8) is 0 Å². The van der Waals surface area contributed by atoms with Gasteiger partial charge in [0.2, 0.25) is 0 Å². The molecule has 0 spiro atoms. The van der Waals surface area contributed by atoms with Gasteiger partial charge in [-0.1, -0.05) is 41.9 Å². The molecule has 0 atom stereocenters. The van der Waals surface area contributed by atoms with Crippen molar-refractivity contribution in [1.82, 2.24) is 9.88 Å². The molecule has 4 rings (SSSR count). The second-order valence-corrected chi connectivity index (χ2v) is 7.14. The number of hydrogen-bond acceptors (Lipinski definition) is 3. The van der Waals surface area contributed by atoms with Gasteiger partial charge in [-0.05, 0) is 42.0 Å². The quantitative estimate of drug-likeness (QED) is 0.681. The molecule has 2 aromatic carbocycles. The van der Waals surface area contributed by atoms with E-state index in [0.29, 0.717) is 41.7 Å². The van der Waals surface area contributed by atoms with E-state index in [9.17, 15) is 9.59 Å². The van der Waals surface area contributed by atoms with Crippen LogP contribution in [-0.4, -0.2) is 34.9 Å². The van der Waals surface area contributed by atoms with E-state index in [1.165, 1.54) is 0 Å². The molecule has 146 valence electrons. The molecule has 1 saturated heterocycles. The lowest BCUT2D eigenvalue weighted by molar-refractivity contribution is 0.102. The first-order chi connectivity index (χ1) is 14.1. The molecule has 1 aromatic heterocycles. The monoisotopic (exact) mass is 406 g/mol. The summed E-state index contributed by atoms with van der Waals surface area (Å²) in [6.07, 6.45) is 1.55. The van der Waals surface area contributed by atoms with Gasteiger partial charge in [0.25, 0.3) is 5.91 Å². The molecule has 1 aliphatic heterocycles.